The van der Waals surface area contributed by atoms with Crippen LogP contribution in [-0.2, 0) is 22.4 Å². The van der Waals surface area contributed by atoms with Crippen LogP contribution in [0.25, 0.3) is 11.0 Å². The Morgan fingerprint density at radius 1 is 1.02 bits per heavy atom. The minimum absolute atomic E-state index is 0.122. The van der Waals surface area contributed by atoms with E-state index in [1.165, 1.54) is 0 Å². The van der Waals surface area contributed by atoms with Crippen LogP contribution in [-0.4, -0.2) is 30.1 Å². The largest absolute Gasteiger partial charge is 0.464 e. The summed E-state index contributed by atoms with van der Waals surface area (Å²) in [6, 6.07) is 10.6. The molecule has 0 aliphatic heterocycles. The van der Waals surface area contributed by atoms with Crippen LogP contribution in [0.5, 0.6) is 0 Å². The number of hydrogen-bond acceptors (Lipinski definition) is 7. The minimum Gasteiger partial charge on any atom is -0.464 e. The molecule has 1 aliphatic carbocycles. The average Bonchev–Trinajstić information content (AvgIpc) is 3.51. The summed E-state index contributed by atoms with van der Waals surface area (Å²) in [4.78, 5) is 38.3. The topological polar surface area (TPSA) is 123 Å². The summed E-state index contributed by atoms with van der Waals surface area (Å²) in [7, 11) is 0. The number of ether oxygens (including phenoxy) is 1. The van der Waals surface area contributed by atoms with Gasteiger partial charge >= 0.3 is 5.97 Å². The van der Waals surface area contributed by atoms with Crippen molar-refractivity contribution in [2.75, 3.05) is 11.9 Å². The molecule has 9 nitrogen and oxygen atoms in total. The van der Waals surface area contributed by atoms with Crippen molar-refractivity contribution < 1.29 is 28.0 Å². The second-order valence-corrected chi connectivity index (χ2v) is 9.84. The van der Waals surface area contributed by atoms with E-state index in [9.17, 15) is 14.4 Å². The van der Waals surface area contributed by atoms with Gasteiger partial charge in [-0.15, -0.1) is 0 Å². The molecule has 2 N–H and O–H groups in total. The standard InChI is InChI=1S/C31H31N3O6/c1-5-38-31(37)22-9-6-7-10-23(22)32-30(36)29-19(4)27-24(11-8-12-25(27)40-29)33-34-26(35)15-20-16-39-28-18(3)17(2)13-14-21(20)28/h6-7,9-10,13-14,16H,5,8,11-12,15H2,1-4H3,(H,32,36)(H,34,35)/b33-24+. The summed E-state index contributed by atoms with van der Waals surface area (Å²) < 4.78 is 16.8. The molecule has 0 saturated carbocycles. The Morgan fingerprint density at radius 2 is 1.82 bits per heavy atom. The van der Waals surface area contributed by atoms with E-state index in [1.807, 2.05) is 26.0 Å². The fourth-order valence-corrected chi connectivity index (χ4v) is 5.02. The Balaban J connectivity index is 1.33. The van der Waals surface area contributed by atoms with Gasteiger partial charge in [0.05, 0.1) is 36.3 Å². The van der Waals surface area contributed by atoms with Crippen molar-refractivity contribution >= 4 is 40.2 Å². The molecule has 206 valence electrons. The number of hydrazone groups is 1. The number of carbonyl (C=O) groups is 3. The molecule has 0 fully saturated rings. The van der Waals surface area contributed by atoms with Crippen molar-refractivity contribution in [2.45, 2.75) is 53.4 Å². The number of anilines is 1. The number of benzene rings is 2. The van der Waals surface area contributed by atoms with Crippen LogP contribution in [0.3, 0.4) is 0 Å². The van der Waals surface area contributed by atoms with Crippen LogP contribution in [0.2, 0.25) is 0 Å². The van der Waals surface area contributed by atoms with Crippen molar-refractivity contribution in [3.63, 3.8) is 0 Å². The normalized spacial score (nSPS) is 13.8. The van der Waals surface area contributed by atoms with Crippen LogP contribution in [0, 0.1) is 20.8 Å². The maximum atomic E-state index is 13.2. The maximum absolute atomic E-state index is 13.2. The summed E-state index contributed by atoms with van der Waals surface area (Å²) >= 11 is 0. The maximum Gasteiger partial charge on any atom is 0.340 e. The summed E-state index contributed by atoms with van der Waals surface area (Å²) in [5.41, 5.74) is 9.04. The highest BCUT2D eigenvalue weighted by atomic mass is 16.5. The highest BCUT2D eigenvalue weighted by molar-refractivity contribution is 6.11. The number of nitrogens with one attached hydrogen (secondary N) is 2. The van der Waals surface area contributed by atoms with Crippen molar-refractivity contribution in [1.29, 1.82) is 0 Å². The molecule has 0 spiro atoms. The van der Waals surface area contributed by atoms with E-state index in [4.69, 9.17) is 13.6 Å². The number of fused-ring (bicyclic) bond motifs is 2. The number of para-hydroxylation sites is 1. The predicted molar refractivity (Wildman–Crippen MR) is 151 cm³/mol. The molecule has 4 aromatic rings. The third-order valence-corrected chi connectivity index (χ3v) is 7.21. The van der Waals surface area contributed by atoms with Gasteiger partial charge < -0.3 is 18.9 Å². The molecule has 2 aromatic heterocycles. The van der Waals surface area contributed by atoms with Crippen LogP contribution >= 0.6 is 0 Å². The highest BCUT2D eigenvalue weighted by Gasteiger charge is 2.29. The number of amides is 2. The second-order valence-electron chi connectivity index (χ2n) is 9.84. The lowest BCUT2D eigenvalue weighted by Crippen LogP contribution is -2.23. The number of carbonyl (C=O) groups excluding carboxylic acids is 3. The zero-order chi connectivity index (χ0) is 28.4. The molecule has 9 heteroatoms. The number of furan rings is 2. The second kappa shape index (κ2) is 11.2. The SMILES string of the molecule is CCOC(=O)c1ccccc1NC(=O)c1oc2c(c1C)/C(=N/NC(=O)Cc1coc3c(C)c(C)ccc13)CCC2. The number of nitrogens with zero attached hydrogens (tertiary/aromatic N) is 1. The summed E-state index contributed by atoms with van der Waals surface area (Å²) in [6.45, 7) is 7.76. The third-order valence-electron chi connectivity index (χ3n) is 7.21. The first-order valence-corrected chi connectivity index (χ1v) is 13.3. The third kappa shape index (κ3) is 5.14. The lowest BCUT2D eigenvalue weighted by Gasteiger charge is -2.13. The monoisotopic (exact) mass is 541 g/mol. The zero-order valence-corrected chi connectivity index (χ0v) is 23.0. The molecule has 0 bridgehead atoms. The number of hydrogen-bond donors (Lipinski definition) is 2. The number of aryl methyl sites for hydroxylation is 3. The Labute approximate surface area is 231 Å². The zero-order valence-electron chi connectivity index (χ0n) is 23.0. The van der Waals surface area contributed by atoms with E-state index in [1.54, 1.807) is 44.4 Å². The Hall–Kier alpha value is -4.66. The fourth-order valence-electron chi connectivity index (χ4n) is 5.02. The number of rotatable bonds is 7. The van der Waals surface area contributed by atoms with Crippen molar-refractivity contribution in [3.05, 3.63) is 87.6 Å². The van der Waals surface area contributed by atoms with Crippen LogP contribution in [0.4, 0.5) is 5.69 Å². The van der Waals surface area contributed by atoms with E-state index < -0.39 is 11.9 Å². The van der Waals surface area contributed by atoms with Gasteiger partial charge in [0.2, 0.25) is 5.91 Å². The first-order chi connectivity index (χ1) is 19.3. The molecular formula is C31H31N3O6. The van der Waals surface area contributed by atoms with Gasteiger partial charge in [0.1, 0.15) is 11.3 Å². The smallest absolute Gasteiger partial charge is 0.340 e. The Kier molecular flexibility index (Phi) is 7.55. The first kappa shape index (κ1) is 26.9. The van der Waals surface area contributed by atoms with Crippen molar-refractivity contribution in [1.82, 2.24) is 5.43 Å². The van der Waals surface area contributed by atoms with Gasteiger partial charge in [-0.3, -0.25) is 9.59 Å². The minimum atomic E-state index is -0.521. The van der Waals surface area contributed by atoms with Gasteiger partial charge in [-0.25, -0.2) is 10.2 Å². The van der Waals surface area contributed by atoms with Gasteiger partial charge in [-0.2, -0.15) is 5.10 Å². The van der Waals surface area contributed by atoms with Gasteiger partial charge in [0.15, 0.2) is 5.76 Å². The Bertz CT molecular complexity index is 1660. The molecule has 1 aliphatic rings. The van der Waals surface area contributed by atoms with Gasteiger partial charge in [-0.1, -0.05) is 24.3 Å². The van der Waals surface area contributed by atoms with Crippen LogP contribution < -0.4 is 10.7 Å². The molecule has 0 saturated heterocycles. The van der Waals surface area contributed by atoms with Crippen LogP contribution in [0.15, 0.2) is 56.6 Å². The fraction of sp³-hybridized carbons (Fsp3) is 0.290. The highest BCUT2D eigenvalue weighted by Crippen LogP contribution is 2.31. The molecule has 2 aromatic carbocycles. The Morgan fingerprint density at radius 3 is 2.62 bits per heavy atom. The van der Waals surface area contributed by atoms with Gasteiger partial charge in [0.25, 0.3) is 5.91 Å². The molecule has 0 atom stereocenters. The van der Waals surface area contributed by atoms with E-state index in [0.717, 1.165) is 39.6 Å². The first-order valence-electron chi connectivity index (χ1n) is 13.3. The lowest BCUT2D eigenvalue weighted by atomic mass is 9.93. The van der Waals surface area contributed by atoms with Crippen molar-refractivity contribution in [2.24, 2.45) is 5.10 Å². The van der Waals surface area contributed by atoms with E-state index in [2.05, 4.69) is 15.8 Å². The van der Waals surface area contributed by atoms with Crippen molar-refractivity contribution in [3.8, 4) is 0 Å². The molecule has 0 unspecified atom stereocenters. The summed E-state index contributed by atoms with van der Waals surface area (Å²) in [6.07, 6.45) is 3.79. The molecule has 40 heavy (non-hydrogen) atoms. The summed E-state index contributed by atoms with van der Waals surface area (Å²) in [5.74, 6) is -0.486. The average molecular weight is 542 g/mol. The molecular weight excluding hydrogens is 510 g/mol. The van der Waals surface area contributed by atoms with E-state index >= 15 is 0 Å². The van der Waals surface area contributed by atoms with E-state index in [0.29, 0.717) is 35.6 Å². The van der Waals surface area contributed by atoms with E-state index in [-0.39, 0.29) is 30.3 Å². The molecule has 5 rings (SSSR count). The molecule has 0 radical (unpaired) electrons. The predicted octanol–water partition coefficient (Wildman–Crippen LogP) is 5.78. The van der Waals surface area contributed by atoms with Gasteiger partial charge in [-0.05, 0) is 63.8 Å². The quantitative estimate of drug-likeness (QED) is 0.226. The van der Waals surface area contributed by atoms with Crippen LogP contribution in [0.1, 0.15) is 74.3 Å². The number of esters is 1. The van der Waals surface area contributed by atoms with Gasteiger partial charge in [0, 0.05) is 28.5 Å². The molecule has 2 heterocycles. The lowest BCUT2D eigenvalue weighted by molar-refractivity contribution is -0.120. The summed E-state index contributed by atoms with van der Waals surface area (Å²) in [5, 5.41) is 8.12. The molecule has 2 amide bonds.